The fourth-order valence-corrected chi connectivity index (χ4v) is 3.17. The number of rotatable bonds is 4. The molecule has 3 rings (SSSR count). The summed E-state index contributed by atoms with van der Waals surface area (Å²) in [5, 5.41) is 0.689. The lowest BCUT2D eigenvalue weighted by Crippen LogP contribution is -2.52. The van der Waals surface area contributed by atoms with Crippen LogP contribution in [0.15, 0.2) is 54.6 Å². The molecule has 1 aliphatic rings. The second-order valence-electron chi connectivity index (χ2n) is 6.34. The highest BCUT2D eigenvalue weighted by molar-refractivity contribution is 6.30. The number of carbonyl (C=O) groups excluding carboxylic acids is 1. The van der Waals surface area contributed by atoms with E-state index in [1.165, 1.54) is 5.56 Å². The number of morpholine rings is 1. The summed E-state index contributed by atoms with van der Waals surface area (Å²) in [6, 6.07) is 17.8. The van der Waals surface area contributed by atoms with Crippen LogP contribution in [0.3, 0.4) is 0 Å². The first kappa shape index (κ1) is 17.0. The van der Waals surface area contributed by atoms with Gasteiger partial charge in [0.05, 0.1) is 25.2 Å². The molecule has 0 bridgehead atoms. The molecule has 126 valence electrons. The smallest absolute Gasteiger partial charge is 0.227 e. The number of halogens is 1. The zero-order chi connectivity index (χ0) is 16.9. The Morgan fingerprint density at radius 3 is 2.54 bits per heavy atom. The molecule has 0 aromatic heterocycles. The van der Waals surface area contributed by atoms with Gasteiger partial charge in [-0.3, -0.25) is 4.79 Å². The maximum absolute atomic E-state index is 12.7. The monoisotopic (exact) mass is 343 g/mol. The van der Waals surface area contributed by atoms with E-state index in [2.05, 4.69) is 12.1 Å². The van der Waals surface area contributed by atoms with Crippen molar-refractivity contribution in [2.24, 2.45) is 0 Å². The van der Waals surface area contributed by atoms with Gasteiger partial charge in [0, 0.05) is 18.0 Å². The van der Waals surface area contributed by atoms with Crippen molar-refractivity contribution in [1.29, 1.82) is 0 Å². The molecule has 3 nitrogen and oxygen atoms in total. The van der Waals surface area contributed by atoms with Gasteiger partial charge >= 0.3 is 0 Å². The van der Waals surface area contributed by atoms with Gasteiger partial charge in [-0.2, -0.15) is 0 Å². The summed E-state index contributed by atoms with van der Waals surface area (Å²) < 4.78 is 5.93. The van der Waals surface area contributed by atoms with Gasteiger partial charge in [-0.15, -0.1) is 0 Å². The van der Waals surface area contributed by atoms with Crippen LogP contribution in [0.4, 0.5) is 0 Å². The maximum atomic E-state index is 12.7. The number of hydrogen-bond donors (Lipinski definition) is 0. The molecule has 1 amide bonds. The molecule has 4 heteroatoms. The lowest BCUT2D eigenvalue weighted by Gasteiger charge is -2.38. The van der Waals surface area contributed by atoms with Gasteiger partial charge in [0.15, 0.2) is 0 Å². The van der Waals surface area contributed by atoms with Gasteiger partial charge in [-0.05, 0) is 30.2 Å². The molecule has 2 unspecified atom stereocenters. The standard InChI is InChI=1S/C20H22ClNO2/c1-15-14-24-19(11-16-5-3-2-4-6-16)13-22(15)20(23)12-17-7-9-18(21)10-8-17/h2-10,15,19H,11-14H2,1H3. The Hall–Kier alpha value is -1.84. The summed E-state index contributed by atoms with van der Waals surface area (Å²) in [5.41, 5.74) is 2.23. The molecular formula is C20H22ClNO2. The molecule has 1 saturated heterocycles. The summed E-state index contributed by atoms with van der Waals surface area (Å²) in [4.78, 5) is 14.6. The van der Waals surface area contributed by atoms with Crippen molar-refractivity contribution in [2.75, 3.05) is 13.2 Å². The summed E-state index contributed by atoms with van der Waals surface area (Å²) in [5.74, 6) is 0.145. The number of nitrogens with zero attached hydrogens (tertiary/aromatic N) is 1. The second kappa shape index (κ2) is 7.82. The third-order valence-electron chi connectivity index (χ3n) is 4.40. The Bertz CT molecular complexity index is 672. The van der Waals surface area contributed by atoms with Crippen LogP contribution in [0.2, 0.25) is 5.02 Å². The van der Waals surface area contributed by atoms with Crippen molar-refractivity contribution in [2.45, 2.75) is 31.9 Å². The van der Waals surface area contributed by atoms with E-state index in [1.807, 2.05) is 54.3 Å². The van der Waals surface area contributed by atoms with Crippen LogP contribution in [-0.4, -0.2) is 36.1 Å². The molecule has 0 aliphatic carbocycles. The Kier molecular flexibility index (Phi) is 5.54. The zero-order valence-corrected chi connectivity index (χ0v) is 14.6. The summed E-state index contributed by atoms with van der Waals surface area (Å²) in [6.45, 7) is 3.27. The van der Waals surface area contributed by atoms with E-state index >= 15 is 0 Å². The lowest BCUT2D eigenvalue weighted by molar-refractivity contribution is -0.143. The number of ether oxygens (including phenoxy) is 1. The molecule has 2 aromatic rings. The van der Waals surface area contributed by atoms with Gasteiger partial charge in [0.25, 0.3) is 0 Å². The Labute approximate surface area is 148 Å². The van der Waals surface area contributed by atoms with Gasteiger partial charge < -0.3 is 9.64 Å². The van der Waals surface area contributed by atoms with Crippen molar-refractivity contribution < 1.29 is 9.53 Å². The van der Waals surface area contributed by atoms with Crippen molar-refractivity contribution in [3.63, 3.8) is 0 Å². The SMILES string of the molecule is CC1COC(Cc2ccccc2)CN1C(=O)Cc1ccc(Cl)cc1. The highest BCUT2D eigenvalue weighted by Crippen LogP contribution is 2.18. The minimum atomic E-state index is 0.0535. The van der Waals surface area contributed by atoms with E-state index in [0.717, 1.165) is 12.0 Å². The topological polar surface area (TPSA) is 29.5 Å². The molecule has 0 radical (unpaired) electrons. The molecule has 0 saturated carbocycles. The van der Waals surface area contributed by atoms with E-state index in [-0.39, 0.29) is 18.1 Å². The van der Waals surface area contributed by atoms with Gasteiger partial charge in [-0.1, -0.05) is 54.1 Å². The highest BCUT2D eigenvalue weighted by atomic mass is 35.5. The minimum Gasteiger partial charge on any atom is -0.374 e. The van der Waals surface area contributed by atoms with Gasteiger partial charge in [0.1, 0.15) is 0 Å². The Morgan fingerprint density at radius 2 is 1.83 bits per heavy atom. The van der Waals surface area contributed by atoms with E-state index in [9.17, 15) is 4.79 Å². The molecule has 1 aliphatic heterocycles. The lowest BCUT2D eigenvalue weighted by atomic mass is 10.0. The van der Waals surface area contributed by atoms with E-state index in [4.69, 9.17) is 16.3 Å². The molecular weight excluding hydrogens is 322 g/mol. The number of amides is 1. The van der Waals surface area contributed by atoms with Gasteiger partial charge in [0.2, 0.25) is 5.91 Å². The summed E-state index contributed by atoms with van der Waals surface area (Å²) in [6.07, 6.45) is 1.29. The third-order valence-corrected chi connectivity index (χ3v) is 4.65. The van der Waals surface area contributed by atoms with E-state index < -0.39 is 0 Å². The molecule has 1 fully saturated rings. The van der Waals surface area contributed by atoms with Crippen LogP contribution in [0, 0.1) is 0 Å². The summed E-state index contributed by atoms with van der Waals surface area (Å²) >= 11 is 5.90. The second-order valence-corrected chi connectivity index (χ2v) is 6.78. The Balaban J connectivity index is 1.62. The maximum Gasteiger partial charge on any atom is 0.227 e. The number of hydrogen-bond acceptors (Lipinski definition) is 2. The minimum absolute atomic E-state index is 0.0535. The average molecular weight is 344 g/mol. The van der Waals surface area contributed by atoms with Crippen LogP contribution in [-0.2, 0) is 22.4 Å². The zero-order valence-electron chi connectivity index (χ0n) is 13.8. The first-order chi connectivity index (χ1) is 11.6. The highest BCUT2D eigenvalue weighted by Gasteiger charge is 2.29. The van der Waals surface area contributed by atoms with Crippen LogP contribution in [0.1, 0.15) is 18.1 Å². The van der Waals surface area contributed by atoms with Crippen LogP contribution in [0.25, 0.3) is 0 Å². The third kappa shape index (κ3) is 4.37. The molecule has 1 heterocycles. The molecule has 0 N–H and O–H groups in total. The first-order valence-electron chi connectivity index (χ1n) is 8.31. The van der Waals surface area contributed by atoms with Crippen molar-refractivity contribution >= 4 is 17.5 Å². The van der Waals surface area contributed by atoms with E-state index in [1.54, 1.807) is 0 Å². The predicted molar refractivity (Wildman–Crippen MR) is 96.2 cm³/mol. The van der Waals surface area contributed by atoms with Crippen molar-refractivity contribution in [1.82, 2.24) is 4.90 Å². The normalized spacial score (nSPS) is 20.8. The van der Waals surface area contributed by atoms with Crippen molar-refractivity contribution in [3.8, 4) is 0 Å². The van der Waals surface area contributed by atoms with Crippen LogP contribution < -0.4 is 0 Å². The molecule has 0 spiro atoms. The predicted octanol–water partition coefficient (Wildman–Crippen LogP) is 3.74. The molecule has 2 aromatic carbocycles. The summed E-state index contributed by atoms with van der Waals surface area (Å²) in [7, 11) is 0. The molecule has 2 atom stereocenters. The quantitative estimate of drug-likeness (QED) is 0.846. The fourth-order valence-electron chi connectivity index (χ4n) is 3.04. The molecule has 24 heavy (non-hydrogen) atoms. The van der Waals surface area contributed by atoms with E-state index in [0.29, 0.717) is 24.6 Å². The fraction of sp³-hybridized carbons (Fsp3) is 0.350. The van der Waals surface area contributed by atoms with Gasteiger partial charge in [-0.25, -0.2) is 0 Å². The number of carbonyl (C=O) groups is 1. The van der Waals surface area contributed by atoms with Crippen LogP contribution >= 0.6 is 11.6 Å². The first-order valence-corrected chi connectivity index (χ1v) is 8.69. The average Bonchev–Trinajstić information content (AvgIpc) is 2.59. The van der Waals surface area contributed by atoms with Crippen molar-refractivity contribution in [3.05, 3.63) is 70.7 Å². The number of benzene rings is 2. The van der Waals surface area contributed by atoms with Crippen LogP contribution in [0.5, 0.6) is 0 Å². The Morgan fingerprint density at radius 1 is 1.12 bits per heavy atom. The largest absolute Gasteiger partial charge is 0.374 e.